The fraction of sp³-hybridized carbons (Fsp3) is 0.361. The van der Waals surface area contributed by atoms with E-state index in [1.807, 2.05) is 61.5 Å². The maximum absolute atomic E-state index is 14.8. The van der Waals surface area contributed by atoms with Gasteiger partial charge in [0.05, 0.1) is 33.0 Å². The summed E-state index contributed by atoms with van der Waals surface area (Å²) in [5.74, 6) is -0.534. The summed E-state index contributed by atoms with van der Waals surface area (Å²) in [5, 5.41) is 3.62. The van der Waals surface area contributed by atoms with Crippen molar-refractivity contribution in [3.05, 3.63) is 89.6 Å². The van der Waals surface area contributed by atoms with Crippen LogP contribution in [0.1, 0.15) is 60.6 Å². The lowest BCUT2D eigenvalue weighted by Crippen LogP contribution is -2.55. The van der Waals surface area contributed by atoms with E-state index in [9.17, 15) is 14.4 Å². The fourth-order valence-electron chi connectivity index (χ4n) is 6.03. The summed E-state index contributed by atoms with van der Waals surface area (Å²) in [5.41, 5.74) is 2.99. The van der Waals surface area contributed by atoms with E-state index in [4.69, 9.17) is 19.0 Å². The van der Waals surface area contributed by atoms with Crippen molar-refractivity contribution in [1.82, 2.24) is 10.0 Å². The standard InChI is InChI=1S/C36H41N3O7/c1-24-19-32(43-3)34(33(20-24)44-4)38(28-16-9-6-10-17-28)36(42)29(23-45-22-26-13-7-5-8-14-26)37-35(41)31-21-27-15-11-12-18-30(27)39(31)46-25(2)40/h5,7-8,11-15,18-21,28-29H,6,9-10,16-17,22-23H2,1-4H3,(H,37,41). The first kappa shape index (κ1) is 32.6. The molecule has 1 aromatic heterocycles. The molecule has 1 N–H and O–H groups in total. The highest BCUT2D eigenvalue weighted by molar-refractivity contribution is 6.05. The van der Waals surface area contributed by atoms with E-state index in [-0.39, 0.29) is 30.9 Å². The van der Waals surface area contributed by atoms with Crippen molar-refractivity contribution < 1.29 is 33.4 Å². The van der Waals surface area contributed by atoms with Crippen LogP contribution in [-0.4, -0.2) is 55.4 Å². The molecule has 0 saturated heterocycles. The molecule has 0 aliphatic heterocycles. The first-order valence-electron chi connectivity index (χ1n) is 15.6. The Hall–Kier alpha value is -4.83. The van der Waals surface area contributed by atoms with Crippen LogP contribution in [0, 0.1) is 6.92 Å². The van der Waals surface area contributed by atoms with Gasteiger partial charge in [-0.05, 0) is 55.2 Å². The molecule has 3 aromatic carbocycles. The van der Waals surface area contributed by atoms with Gasteiger partial charge in [0.1, 0.15) is 28.9 Å². The normalized spacial score (nSPS) is 14.0. The fourth-order valence-corrected chi connectivity index (χ4v) is 6.03. The second kappa shape index (κ2) is 15.0. The second-order valence-electron chi connectivity index (χ2n) is 11.5. The lowest BCUT2D eigenvalue weighted by atomic mass is 9.92. The first-order valence-corrected chi connectivity index (χ1v) is 15.6. The molecule has 1 heterocycles. The quantitative estimate of drug-likeness (QED) is 0.217. The second-order valence-corrected chi connectivity index (χ2v) is 11.5. The third kappa shape index (κ3) is 7.34. The van der Waals surface area contributed by atoms with E-state index in [1.54, 1.807) is 37.3 Å². The van der Waals surface area contributed by atoms with Crippen molar-refractivity contribution in [2.24, 2.45) is 0 Å². The third-order valence-electron chi connectivity index (χ3n) is 8.16. The number of benzene rings is 3. The Balaban J connectivity index is 1.54. The van der Waals surface area contributed by atoms with Crippen molar-refractivity contribution in [2.75, 3.05) is 25.7 Å². The summed E-state index contributed by atoms with van der Waals surface area (Å²) >= 11 is 0. The summed E-state index contributed by atoms with van der Waals surface area (Å²) in [6.45, 7) is 3.34. The highest BCUT2D eigenvalue weighted by atomic mass is 16.7. The average molecular weight is 628 g/mol. The molecule has 1 atom stereocenters. The molecule has 242 valence electrons. The Morgan fingerprint density at radius 1 is 0.913 bits per heavy atom. The summed E-state index contributed by atoms with van der Waals surface area (Å²) < 4.78 is 18.9. The van der Waals surface area contributed by atoms with Crippen LogP contribution >= 0.6 is 0 Å². The number of anilines is 1. The minimum absolute atomic E-state index is 0.0759. The number of para-hydroxylation sites is 1. The molecule has 1 unspecified atom stereocenters. The molecule has 2 amide bonds. The maximum atomic E-state index is 14.8. The molecular formula is C36H41N3O7. The molecule has 1 aliphatic carbocycles. The van der Waals surface area contributed by atoms with Gasteiger partial charge < -0.3 is 29.3 Å². The summed E-state index contributed by atoms with van der Waals surface area (Å²) in [4.78, 5) is 48.0. The lowest BCUT2D eigenvalue weighted by molar-refractivity contribution is -0.141. The van der Waals surface area contributed by atoms with E-state index >= 15 is 0 Å². The number of carbonyl (C=O) groups is 3. The highest BCUT2D eigenvalue weighted by Crippen LogP contribution is 2.42. The van der Waals surface area contributed by atoms with Gasteiger partial charge in [0.2, 0.25) is 0 Å². The molecule has 0 spiro atoms. The molecule has 1 saturated carbocycles. The van der Waals surface area contributed by atoms with Crippen LogP contribution in [0.2, 0.25) is 0 Å². The van der Waals surface area contributed by atoms with Crippen LogP contribution in [0.25, 0.3) is 10.9 Å². The van der Waals surface area contributed by atoms with Gasteiger partial charge in [-0.3, -0.25) is 9.59 Å². The number of amides is 2. The Morgan fingerprint density at radius 2 is 1.57 bits per heavy atom. The number of aryl methyl sites for hydroxylation is 1. The summed E-state index contributed by atoms with van der Waals surface area (Å²) in [6.07, 6.45) is 4.60. The van der Waals surface area contributed by atoms with Crippen LogP contribution in [0.5, 0.6) is 11.5 Å². The SMILES string of the molecule is COc1cc(C)cc(OC)c1N(C(=O)C(COCc1ccccc1)NC(=O)c1cc2ccccc2n1OC(C)=O)C1CCCCC1. The third-order valence-corrected chi connectivity index (χ3v) is 8.16. The minimum atomic E-state index is -1.10. The molecule has 10 heteroatoms. The van der Waals surface area contributed by atoms with E-state index in [1.165, 1.54) is 11.7 Å². The van der Waals surface area contributed by atoms with Crippen molar-refractivity contribution in [3.8, 4) is 11.5 Å². The molecule has 0 bridgehead atoms. The lowest BCUT2D eigenvalue weighted by Gasteiger charge is -2.38. The number of hydrogen-bond donors (Lipinski definition) is 1. The summed E-state index contributed by atoms with van der Waals surface area (Å²) in [6, 6.07) is 20.9. The zero-order valence-electron chi connectivity index (χ0n) is 26.8. The van der Waals surface area contributed by atoms with Crippen LogP contribution in [-0.2, 0) is 20.9 Å². The predicted octanol–water partition coefficient (Wildman–Crippen LogP) is 5.62. The minimum Gasteiger partial charge on any atom is -0.494 e. The van der Waals surface area contributed by atoms with Gasteiger partial charge in [-0.2, -0.15) is 4.73 Å². The largest absolute Gasteiger partial charge is 0.494 e. The molecule has 4 aromatic rings. The van der Waals surface area contributed by atoms with Crippen LogP contribution < -0.4 is 24.5 Å². The van der Waals surface area contributed by atoms with E-state index in [0.717, 1.165) is 43.2 Å². The smallest absolute Gasteiger partial charge is 0.329 e. The number of nitrogens with one attached hydrogen (secondary N) is 1. The summed E-state index contributed by atoms with van der Waals surface area (Å²) in [7, 11) is 3.13. The first-order chi connectivity index (χ1) is 22.3. The van der Waals surface area contributed by atoms with Gasteiger partial charge in [0, 0.05) is 18.4 Å². The van der Waals surface area contributed by atoms with Crippen molar-refractivity contribution in [1.29, 1.82) is 0 Å². The monoisotopic (exact) mass is 627 g/mol. The zero-order chi connectivity index (χ0) is 32.6. The van der Waals surface area contributed by atoms with Gasteiger partial charge in [0.25, 0.3) is 11.8 Å². The Bertz CT molecular complexity index is 1650. The molecule has 0 radical (unpaired) electrons. The number of nitrogens with zero attached hydrogens (tertiary/aromatic N) is 2. The number of fused-ring (bicyclic) bond motifs is 1. The predicted molar refractivity (Wildman–Crippen MR) is 175 cm³/mol. The van der Waals surface area contributed by atoms with Crippen molar-refractivity contribution in [2.45, 2.75) is 64.6 Å². The number of aromatic nitrogens is 1. The van der Waals surface area contributed by atoms with E-state index in [0.29, 0.717) is 28.1 Å². The number of rotatable bonds is 12. The van der Waals surface area contributed by atoms with E-state index < -0.39 is 17.9 Å². The van der Waals surface area contributed by atoms with Gasteiger partial charge in [-0.25, -0.2) is 4.79 Å². The average Bonchev–Trinajstić information content (AvgIpc) is 3.43. The Morgan fingerprint density at radius 3 is 2.22 bits per heavy atom. The molecule has 46 heavy (non-hydrogen) atoms. The van der Waals surface area contributed by atoms with Gasteiger partial charge in [0.15, 0.2) is 0 Å². The van der Waals surface area contributed by atoms with E-state index in [2.05, 4.69) is 5.32 Å². The van der Waals surface area contributed by atoms with Crippen LogP contribution in [0.15, 0.2) is 72.8 Å². The number of methoxy groups -OCH3 is 2. The highest BCUT2D eigenvalue weighted by Gasteiger charge is 2.37. The topological polar surface area (TPSA) is 108 Å². The number of carbonyl (C=O) groups excluding carboxylic acids is 3. The van der Waals surface area contributed by atoms with Crippen molar-refractivity contribution >= 4 is 34.4 Å². The number of ether oxygens (including phenoxy) is 3. The zero-order valence-corrected chi connectivity index (χ0v) is 26.8. The molecule has 1 fully saturated rings. The van der Waals surface area contributed by atoms with Crippen LogP contribution in [0.3, 0.4) is 0 Å². The Labute approximate surface area is 269 Å². The molecule has 1 aliphatic rings. The maximum Gasteiger partial charge on any atom is 0.329 e. The van der Waals surface area contributed by atoms with Gasteiger partial charge in [-0.1, -0.05) is 67.8 Å². The molecular weight excluding hydrogens is 586 g/mol. The van der Waals surface area contributed by atoms with Crippen molar-refractivity contribution in [3.63, 3.8) is 0 Å². The van der Waals surface area contributed by atoms with Crippen LogP contribution in [0.4, 0.5) is 5.69 Å². The Kier molecular flexibility index (Phi) is 10.6. The molecule has 5 rings (SSSR count). The van der Waals surface area contributed by atoms with Gasteiger partial charge in [-0.15, -0.1) is 0 Å². The molecule has 10 nitrogen and oxygen atoms in total. The number of hydrogen-bond acceptors (Lipinski definition) is 7. The van der Waals surface area contributed by atoms with Gasteiger partial charge >= 0.3 is 5.97 Å².